The molecule has 0 aliphatic carbocycles. The van der Waals surface area contributed by atoms with Crippen LogP contribution in [0.5, 0.6) is 5.75 Å². The van der Waals surface area contributed by atoms with Gasteiger partial charge >= 0.3 is 23.4 Å². The minimum absolute atomic E-state index is 0.677. The molecule has 1 rings (SSSR count). The largest absolute Gasteiger partial charge is 0.449 e. The lowest BCUT2D eigenvalue weighted by molar-refractivity contribution is -0.263. The molecule has 0 amide bonds. The first-order chi connectivity index (χ1) is 9.38. The fraction of sp³-hybridized carbons (Fsp3) is 0.400. The molecule has 0 saturated carbocycles. The number of halogens is 9. The van der Waals surface area contributed by atoms with E-state index in [0.29, 0.717) is 6.07 Å². The molecule has 0 heterocycles. The van der Waals surface area contributed by atoms with Gasteiger partial charge in [-0.15, -0.1) is 0 Å². The Balaban J connectivity index is 3.23. The van der Waals surface area contributed by atoms with Crippen LogP contribution in [0.25, 0.3) is 0 Å². The Hall–Kier alpha value is -1.26. The molecule has 0 aliphatic rings. The van der Waals surface area contributed by atoms with Crippen molar-refractivity contribution >= 4 is 21.6 Å². The predicted molar refractivity (Wildman–Crippen MR) is 60.5 cm³/mol. The highest BCUT2D eigenvalue weighted by molar-refractivity contribution is 9.10. The van der Waals surface area contributed by atoms with Gasteiger partial charge in [-0.05, 0) is 28.1 Å². The Morgan fingerprint density at radius 1 is 1.00 bits per heavy atom. The van der Waals surface area contributed by atoms with Gasteiger partial charge in [0.15, 0.2) is 0 Å². The molecule has 1 N–H and O–H groups in total. The van der Waals surface area contributed by atoms with Gasteiger partial charge in [-0.3, -0.25) is 0 Å². The van der Waals surface area contributed by atoms with Crippen LogP contribution in [-0.4, -0.2) is 23.4 Å². The van der Waals surface area contributed by atoms with Crippen molar-refractivity contribution in [1.82, 2.24) is 0 Å². The van der Waals surface area contributed by atoms with E-state index in [1.54, 1.807) is 0 Å². The number of hydrogen-bond donors (Lipinski definition) is 1. The van der Waals surface area contributed by atoms with Crippen molar-refractivity contribution in [2.45, 2.75) is 23.4 Å². The van der Waals surface area contributed by atoms with E-state index in [9.17, 15) is 35.1 Å². The molecule has 0 spiro atoms. The molecule has 1 aromatic carbocycles. The first-order valence-corrected chi connectivity index (χ1v) is 5.82. The average molecular weight is 388 g/mol. The van der Waals surface area contributed by atoms with E-state index in [1.165, 1.54) is 15.9 Å². The molecule has 0 saturated heterocycles. The average Bonchev–Trinajstić information content (AvgIpc) is 2.28. The summed E-state index contributed by atoms with van der Waals surface area (Å²) in [4.78, 5) is -5.06. The predicted octanol–water partition coefficient (Wildman–Crippen LogP) is 4.92. The maximum absolute atomic E-state index is 13.7. The molecule has 11 heteroatoms. The summed E-state index contributed by atoms with van der Waals surface area (Å²) in [5, 5.41) is 0.862. The topological polar surface area (TPSA) is 21.3 Å². The Labute approximate surface area is 121 Å². The molecule has 120 valence electrons. The van der Waals surface area contributed by atoms with Crippen LogP contribution in [0.4, 0.5) is 40.8 Å². The fourth-order valence-corrected chi connectivity index (χ4v) is 1.58. The molecule has 21 heavy (non-hydrogen) atoms. The van der Waals surface area contributed by atoms with Crippen LogP contribution in [0.2, 0.25) is 0 Å². The maximum Gasteiger partial charge on any atom is 0.449 e. The van der Waals surface area contributed by atoms with Crippen LogP contribution in [0.1, 0.15) is 0 Å². The Kier molecular flexibility index (Phi) is 4.96. The van der Waals surface area contributed by atoms with Gasteiger partial charge in [0.25, 0.3) is 0 Å². The van der Waals surface area contributed by atoms with Gasteiger partial charge in [0.1, 0.15) is 5.75 Å². The zero-order valence-electron chi connectivity index (χ0n) is 9.70. The van der Waals surface area contributed by atoms with Crippen molar-refractivity contribution in [3.63, 3.8) is 0 Å². The normalized spacial score (nSPS) is 15.7. The zero-order valence-corrected chi connectivity index (χ0v) is 11.3. The third-order valence-corrected chi connectivity index (χ3v) is 2.74. The Morgan fingerprint density at radius 2 is 1.52 bits per heavy atom. The number of para-hydroxylation sites is 2. The molecule has 0 aliphatic heterocycles. The van der Waals surface area contributed by atoms with E-state index < -0.39 is 34.8 Å². The maximum atomic E-state index is 13.7. The summed E-state index contributed by atoms with van der Waals surface area (Å²) in [6.07, 6.45) is -6.04. The van der Waals surface area contributed by atoms with Crippen molar-refractivity contribution < 1.29 is 39.9 Å². The van der Waals surface area contributed by atoms with Crippen molar-refractivity contribution in [3.8, 4) is 5.75 Å². The number of benzene rings is 1. The zero-order chi connectivity index (χ0) is 16.5. The molecular weight excluding hydrogens is 382 g/mol. The monoisotopic (exact) mass is 387 g/mol. The third-order valence-electron chi connectivity index (χ3n) is 2.19. The summed E-state index contributed by atoms with van der Waals surface area (Å²) in [5.74, 6) is -6.16. The van der Waals surface area contributed by atoms with E-state index in [4.69, 9.17) is 0 Å². The highest BCUT2D eigenvalue weighted by Gasteiger charge is 2.71. The second kappa shape index (κ2) is 5.85. The molecule has 0 bridgehead atoms. The summed E-state index contributed by atoms with van der Waals surface area (Å²) in [6, 6.07) is 3.54. The second-order valence-electron chi connectivity index (χ2n) is 3.65. The quantitative estimate of drug-likeness (QED) is 0.440. The SMILES string of the molecule is FC(F)Oc1ccccc1NC(F)(C(F)(F)F)C(F)(F)Br. The third kappa shape index (κ3) is 3.89. The molecule has 0 aromatic heterocycles. The molecular formula is C10H6BrF8NO. The Bertz CT molecular complexity index is 473. The van der Waals surface area contributed by atoms with Gasteiger partial charge in [-0.2, -0.15) is 30.7 Å². The number of alkyl halides is 9. The number of ether oxygens (including phenoxy) is 1. The van der Waals surface area contributed by atoms with Crippen LogP contribution in [0, 0.1) is 0 Å². The lowest BCUT2D eigenvalue weighted by atomic mass is 10.2. The van der Waals surface area contributed by atoms with E-state index in [0.717, 1.165) is 23.5 Å². The summed E-state index contributed by atoms with van der Waals surface area (Å²) in [7, 11) is 0. The van der Waals surface area contributed by atoms with Gasteiger partial charge in [0.05, 0.1) is 5.69 Å². The van der Waals surface area contributed by atoms with Gasteiger partial charge in [-0.1, -0.05) is 12.1 Å². The van der Waals surface area contributed by atoms with Crippen molar-refractivity contribution in [1.29, 1.82) is 0 Å². The van der Waals surface area contributed by atoms with Crippen molar-refractivity contribution in [2.24, 2.45) is 0 Å². The highest BCUT2D eigenvalue weighted by Crippen LogP contribution is 2.49. The van der Waals surface area contributed by atoms with Crippen LogP contribution < -0.4 is 10.1 Å². The van der Waals surface area contributed by atoms with Crippen LogP contribution in [-0.2, 0) is 0 Å². The second-order valence-corrected chi connectivity index (χ2v) is 4.65. The molecule has 0 fully saturated rings. The van der Waals surface area contributed by atoms with E-state index in [2.05, 4.69) is 4.74 Å². The van der Waals surface area contributed by atoms with Crippen LogP contribution in [0.15, 0.2) is 24.3 Å². The van der Waals surface area contributed by atoms with Gasteiger partial charge < -0.3 is 10.1 Å². The Morgan fingerprint density at radius 3 is 1.95 bits per heavy atom. The molecule has 1 atom stereocenters. The number of nitrogens with one attached hydrogen (secondary N) is 1. The lowest BCUT2D eigenvalue weighted by Gasteiger charge is -2.33. The first kappa shape index (κ1) is 17.8. The molecule has 1 aromatic rings. The molecule has 0 radical (unpaired) electrons. The van der Waals surface area contributed by atoms with Crippen LogP contribution >= 0.6 is 15.9 Å². The first-order valence-electron chi connectivity index (χ1n) is 5.03. The van der Waals surface area contributed by atoms with Crippen molar-refractivity contribution in [3.05, 3.63) is 24.3 Å². The van der Waals surface area contributed by atoms with E-state index >= 15 is 0 Å². The molecule has 1 unspecified atom stereocenters. The summed E-state index contributed by atoms with van der Waals surface area (Å²) >= 11 is 1.29. The van der Waals surface area contributed by atoms with E-state index in [-0.39, 0.29) is 0 Å². The summed E-state index contributed by atoms with van der Waals surface area (Å²) in [5.41, 5.74) is -1.02. The summed E-state index contributed by atoms with van der Waals surface area (Å²) < 4.78 is 105. The number of hydrogen-bond acceptors (Lipinski definition) is 2. The van der Waals surface area contributed by atoms with Gasteiger partial charge in [0, 0.05) is 0 Å². The standard InChI is InChI=1S/C10H6BrF8NO/c11-9(15,16)8(14,10(17,18)19)20-5-3-1-2-4-6(5)21-7(12)13/h1-4,7,20H. The molecule has 2 nitrogen and oxygen atoms in total. The lowest BCUT2D eigenvalue weighted by Crippen LogP contribution is -2.58. The minimum Gasteiger partial charge on any atom is -0.433 e. The van der Waals surface area contributed by atoms with Gasteiger partial charge in [0.2, 0.25) is 0 Å². The van der Waals surface area contributed by atoms with Crippen LogP contribution in [0.3, 0.4) is 0 Å². The van der Waals surface area contributed by atoms with Crippen molar-refractivity contribution in [2.75, 3.05) is 5.32 Å². The van der Waals surface area contributed by atoms with E-state index in [1.807, 2.05) is 0 Å². The number of rotatable bonds is 5. The van der Waals surface area contributed by atoms with Gasteiger partial charge in [-0.25, -0.2) is 4.39 Å². The number of anilines is 1. The summed E-state index contributed by atoms with van der Waals surface area (Å²) in [6.45, 7) is -3.43. The minimum atomic E-state index is -6.04. The fourth-order valence-electron chi connectivity index (χ4n) is 1.26. The highest BCUT2D eigenvalue weighted by atomic mass is 79.9. The smallest absolute Gasteiger partial charge is 0.433 e.